The van der Waals surface area contributed by atoms with E-state index < -0.39 is 0 Å². The van der Waals surface area contributed by atoms with E-state index in [0.717, 1.165) is 6.42 Å². The molecule has 1 nitrogen and oxygen atoms in total. The minimum atomic E-state index is 0.264. The zero-order chi connectivity index (χ0) is 7.86. The molecule has 0 aliphatic heterocycles. The molecule has 1 atom stereocenters. The molecule has 0 amide bonds. The smallest absolute Gasteiger partial charge is 0.132 e. The van der Waals surface area contributed by atoms with Crippen LogP contribution in [0.1, 0.15) is 41.0 Å². The number of rotatable bonds is 2. The van der Waals surface area contributed by atoms with E-state index in [-0.39, 0.29) is 5.92 Å². The third-order valence-corrected chi connectivity index (χ3v) is 1.31. The van der Waals surface area contributed by atoms with Crippen molar-refractivity contribution in [2.45, 2.75) is 41.0 Å². The molecule has 0 aliphatic carbocycles. The van der Waals surface area contributed by atoms with Crippen molar-refractivity contribution in [3.05, 3.63) is 0 Å². The van der Waals surface area contributed by atoms with Crippen molar-refractivity contribution in [1.82, 2.24) is 0 Å². The molecule has 0 spiro atoms. The Hall–Kier alpha value is -0.330. The molecule has 0 aromatic carbocycles. The van der Waals surface area contributed by atoms with Crippen LogP contribution < -0.4 is 0 Å². The lowest BCUT2D eigenvalue weighted by molar-refractivity contribution is -0.120. The van der Waals surface area contributed by atoms with Gasteiger partial charge in [0.15, 0.2) is 0 Å². The predicted octanol–water partition coefficient (Wildman–Crippen LogP) is 2.65. The van der Waals surface area contributed by atoms with Crippen molar-refractivity contribution in [2.75, 3.05) is 0 Å². The maximum Gasteiger partial charge on any atom is 0.132 e. The predicted molar refractivity (Wildman–Crippen MR) is 41.5 cm³/mol. The van der Waals surface area contributed by atoms with Crippen molar-refractivity contribution in [2.24, 2.45) is 5.92 Å². The third kappa shape index (κ3) is 7.67. The minimum Gasteiger partial charge on any atom is -0.300 e. The molecule has 0 heterocycles. The molecule has 1 heteroatoms. The summed E-state index contributed by atoms with van der Waals surface area (Å²) in [6, 6.07) is 0. The average molecular weight is 130 g/mol. The lowest BCUT2D eigenvalue weighted by Crippen LogP contribution is -2.03. The van der Waals surface area contributed by atoms with Gasteiger partial charge < -0.3 is 0 Å². The van der Waals surface area contributed by atoms with Gasteiger partial charge in [-0.1, -0.05) is 27.7 Å². The van der Waals surface area contributed by atoms with Crippen molar-refractivity contribution < 1.29 is 4.79 Å². The van der Waals surface area contributed by atoms with Crippen LogP contribution in [0.15, 0.2) is 0 Å². The lowest BCUT2D eigenvalue weighted by atomic mass is 10.1. The quantitative estimate of drug-likeness (QED) is 0.561. The van der Waals surface area contributed by atoms with Gasteiger partial charge >= 0.3 is 0 Å². The summed E-state index contributed by atoms with van der Waals surface area (Å²) < 4.78 is 0. The molecule has 0 saturated heterocycles. The zero-order valence-electron chi connectivity index (χ0n) is 7.19. The van der Waals surface area contributed by atoms with E-state index in [1.165, 1.54) is 0 Å². The van der Waals surface area contributed by atoms with Gasteiger partial charge in [-0.25, -0.2) is 0 Å². The second kappa shape index (κ2) is 7.67. The number of carbonyl (C=O) groups is 1. The van der Waals surface area contributed by atoms with Gasteiger partial charge in [-0.2, -0.15) is 0 Å². The summed E-state index contributed by atoms with van der Waals surface area (Å²) in [5.74, 6) is 0.558. The maximum atomic E-state index is 10.4. The summed E-state index contributed by atoms with van der Waals surface area (Å²) in [4.78, 5) is 10.4. The summed E-state index contributed by atoms with van der Waals surface area (Å²) >= 11 is 0. The fraction of sp³-hybridized carbons (Fsp3) is 0.875. The maximum absolute atomic E-state index is 10.4. The Morgan fingerprint density at radius 1 is 1.44 bits per heavy atom. The summed E-state index contributed by atoms with van der Waals surface area (Å²) in [5.41, 5.74) is 0. The molecule has 1 unspecified atom stereocenters. The first-order valence-corrected chi connectivity index (χ1v) is 3.69. The van der Waals surface area contributed by atoms with Crippen LogP contribution in [0.2, 0.25) is 0 Å². The topological polar surface area (TPSA) is 17.1 Å². The monoisotopic (exact) mass is 130 g/mol. The minimum absolute atomic E-state index is 0.264. The van der Waals surface area contributed by atoms with Crippen LogP contribution in [0.4, 0.5) is 0 Å². The molecule has 0 rings (SSSR count). The first-order chi connectivity index (χ1) is 4.18. The van der Waals surface area contributed by atoms with Crippen molar-refractivity contribution in [1.29, 1.82) is 0 Å². The molecule has 0 bridgehead atoms. The first kappa shape index (κ1) is 11.5. The fourth-order valence-electron chi connectivity index (χ4n) is 0.287. The highest BCUT2D eigenvalue weighted by atomic mass is 16.1. The Labute approximate surface area is 58.5 Å². The van der Waals surface area contributed by atoms with Gasteiger partial charge in [-0.15, -0.1) is 0 Å². The Morgan fingerprint density at radius 2 is 1.78 bits per heavy atom. The van der Waals surface area contributed by atoms with Gasteiger partial charge in [-0.05, 0) is 13.3 Å². The SMILES string of the molecule is CC.CCC(C)C(C)=O. The Balaban J connectivity index is 0. The molecule has 0 fully saturated rings. The molecule has 0 N–H and O–H groups in total. The number of carbonyl (C=O) groups excluding carboxylic acids is 1. The van der Waals surface area contributed by atoms with Gasteiger partial charge in [0.25, 0.3) is 0 Å². The Bertz CT molecular complexity index is 67.0. The molecule has 0 aromatic rings. The van der Waals surface area contributed by atoms with E-state index in [1.807, 2.05) is 27.7 Å². The van der Waals surface area contributed by atoms with Gasteiger partial charge in [-0.3, -0.25) is 4.79 Å². The highest BCUT2D eigenvalue weighted by Crippen LogP contribution is 1.99. The van der Waals surface area contributed by atoms with Crippen LogP contribution in [0.3, 0.4) is 0 Å². The highest BCUT2D eigenvalue weighted by Gasteiger charge is 2.01. The van der Waals surface area contributed by atoms with Crippen LogP contribution in [-0.4, -0.2) is 5.78 Å². The largest absolute Gasteiger partial charge is 0.300 e. The van der Waals surface area contributed by atoms with Crippen LogP contribution in [0, 0.1) is 5.92 Å². The summed E-state index contributed by atoms with van der Waals surface area (Å²) in [6.07, 6.45) is 0.968. The van der Waals surface area contributed by atoms with Crippen LogP contribution in [-0.2, 0) is 4.79 Å². The normalized spacial score (nSPS) is 11.2. The highest BCUT2D eigenvalue weighted by molar-refractivity contribution is 5.77. The number of hydrogen-bond acceptors (Lipinski definition) is 1. The molecular formula is C8H18O. The van der Waals surface area contributed by atoms with Gasteiger partial charge in [0.1, 0.15) is 5.78 Å². The van der Waals surface area contributed by atoms with Crippen molar-refractivity contribution in [3.8, 4) is 0 Å². The van der Waals surface area contributed by atoms with Crippen LogP contribution in [0.5, 0.6) is 0 Å². The molecule has 0 radical (unpaired) electrons. The fourth-order valence-corrected chi connectivity index (χ4v) is 0.287. The number of ketones is 1. The van der Waals surface area contributed by atoms with E-state index in [4.69, 9.17) is 0 Å². The Kier molecular flexibility index (Phi) is 9.77. The molecule has 56 valence electrons. The van der Waals surface area contributed by atoms with Crippen LogP contribution in [0.25, 0.3) is 0 Å². The van der Waals surface area contributed by atoms with Gasteiger partial charge in [0.05, 0.1) is 0 Å². The standard InChI is InChI=1S/C6H12O.C2H6/c1-4-5(2)6(3)7;1-2/h5H,4H2,1-3H3;1-2H3. The van der Waals surface area contributed by atoms with E-state index in [0.29, 0.717) is 5.78 Å². The van der Waals surface area contributed by atoms with E-state index in [1.54, 1.807) is 6.92 Å². The average Bonchev–Trinajstić information content (AvgIpc) is 1.91. The number of Topliss-reactive ketones (excluding diaryl/α,β-unsaturated/α-hetero) is 1. The number of hydrogen-bond donors (Lipinski definition) is 0. The Morgan fingerprint density at radius 3 is 1.78 bits per heavy atom. The summed E-state index contributed by atoms with van der Waals surface area (Å²) in [5, 5.41) is 0. The molecule has 0 aromatic heterocycles. The zero-order valence-corrected chi connectivity index (χ0v) is 7.19. The summed E-state index contributed by atoms with van der Waals surface area (Å²) in [7, 11) is 0. The summed E-state index contributed by atoms with van der Waals surface area (Å²) in [6.45, 7) is 9.60. The molecule has 0 aliphatic rings. The third-order valence-electron chi connectivity index (χ3n) is 1.31. The molecule has 9 heavy (non-hydrogen) atoms. The molecular weight excluding hydrogens is 112 g/mol. The van der Waals surface area contributed by atoms with E-state index >= 15 is 0 Å². The lowest BCUT2D eigenvalue weighted by Gasteiger charge is -1.98. The second-order valence-electron chi connectivity index (χ2n) is 1.92. The van der Waals surface area contributed by atoms with Gasteiger partial charge in [0.2, 0.25) is 0 Å². The second-order valence-corrected chi connectivity index (χ2v) is 1.92. The first-order valence-electron chi connectivity index (χ1n) is 3.69. The van der Waals surface area contributed by atoms with E-state index in [2.05, 4.69) is 0 Å². The molecule has 0 saturated carbocycles. The van der Waals surface area contributed by atoms with Gasteiger partial charge in [0, 0.05) is 5.92 Å². The van der Waals surface area contributed by atoms with Crippen LogP contribution >= 0.6 is 0 Å². The van der Waals surface area contributed by atoms with Crippen molar-refractivity contribution >= 4 is 5.78 Å². The van der Waals surface area contributed by atoms with Crippen molar-refractivity contribution in [3.63, 3.8) is 0 Å². The van der Waals surface area contributed by atoms with E-state index in [9.17, 15) is 4.79 Å².